The molecule has 148 valence electrons. The first-order chi connectivity index (χ1) is 13.5. The maximum absolute atomic E-state index is 13.3. The number of rotatable bonds is 4. The molecule has 0 bridgehead atoms. The van der Waals surface area contributed by atoms with Crippen LogP contribution in [0.25, 0.3) is 0 Å². The molecule has 0 saturated heterocycles. The molecule has 1 aliphatic carbocycles. The highest BCUT2D eigenvalue weighted by atomic mass is 32.2. The number of hydrogen-bond donors (Lipinski definition) is 1. The van der Waals surface area contributed by atoms with E-state index in [4.69, 9.17) is 10.5 Å². The number of carbonyl (C=O) groups excluding carboxylic acids is 1. The van der Waals surface area contributed by atoms with Gasteiger partial charge in [0.2, 0.25) is 0 Å². The van der Waals surface area contributed by atoms with Gasteiger partial charge in [0.05, 0.1) is 17.1 Å². The van der Waals surface area contributed by atoms with Crippen LogP contribution in [0, 0.1) is 0 Å². The number of primary amides is 1. The Bertz CT molecular complexity index is 966. The number of para-hydroxylation sites is 2. The second-order valence-electron chi connectivity index (χ2n) is 7.42. The second kappa shape index (κ2) is 7.47. The molecular formula is C21H24N2O4S. The molecule has 1 unspecified atom stereocenters. The van der Waals surface area contributed by atoms with E-state index in [2.05, 4.69) is 0 Å². The largest absolute Gasteiger partial charge is 0.476 e. The van der Waals surface area contributed by atoms with E-state index >= 15 is 0 Å². The topological polar surface area (TPSA) is 89.7 Å². The number of amides is 1. The minimum Gasteiger partial charge on any atom is -0.476 e. The zero-order valence-electron chi connectivity index (χ0n) is 15.6. The zero-order chi connectivity index (χ0) is 19.7. The molecule has 2 aliphatic rings. The van der Waals surface area contributed by atoms with Gasteiger partial charge in [0, 0.05) is 0 Å². The van der Waals surface area contributed by atoms with Crippen molar-refractivity contribution in [1.82, 2.24) is 0 Å². The molecule has 1 heterocycles. The van der Waals surface area contributed by atoms with Crippen LogP contribution in [0.5, 0.6) is 5.75 Å². The monoisotopic (exact) mass is 400 g/mol. The van der Waals surface area contributed by atoms with Crippen molar-refractivity contribution in [2.45, 2.75) is 49.0 Å². The standard InChI is InChI=1S/C21H24N2O4S/c22-21(24)20-14-23(18-8-4-5-9-19(18)27-20)28(25,26)17-12-10-16(11-13-17)15-6-2-1-3-7-15/h4-5,8-13,15,20H,1-3,6-7,14H2,(H2,22,24). The number of fused-ring (bicyclic) bond motifs is 1. The molecule has 6 nitrogen and oxygen atoms in total. The lowest BCUT2D eigenvalue weighted by Crippen LogP contribution is -2.49. The number of ether oxygens (including phenoxy) is 1. The zero-order valence-corrected chi connectivity index (χ0v) is 16.4. The van der Waals surface area contributed by atoms with Gasteiger partial charge in [-0.05, 0) is 48.6 Å². The summed E-state index contributed by atoms with van der Waals surface area (Å²) in [5, 5.41) is 0. The van der Waals surface area contributed by atoms with Crippen LogP contribution in [0.1, 0.15) is 43.6 Å². The molecule has 28 heavy (non-hydrogen) atoms. The summed E-state index contributed by atoms with van der Waals surface area (Å²) >= 11 is 0. The quantitative estimate of drug-likeness (QED) is 0.854. The minimum atomic E-state index is -3.84. The number of anilines is 1. The smallest absolute Gasteiger partial charge is 0.264 e. The summed E-state index contributed by atoms with van der Waals surface area (Å²) in [7, 11) is -3.84. The highest BCUT2D eigenvalue weighted by Crippen LogP contribution is 2.37. The van der Waals surface area contributed by atoms with Crippen molar-refractivity contribution in [3.63, 3.8) is 0 Å². The van der Waals surface area contributed by atoms with E-state index in [1.165, 1.54) is 29.1 Å². The molecule has 1 atom stereocenters. The Morgan fingerprint density at radius 1 is 1.00 bits per heavy atom. The van der Waals surface area contributed by atoms with Gasteiger partial charge in [0.25, 0.3) is 15.9 Å². The van der Waals surface area contributed by atoms with Crippen LogP contribution < -0.4 is 14.8 Å². The molecule has 2 aromatic rings. The van der Waals surface area contributed by atoms with Gasteiger partial charge in [-0.3, -0.25) is 9.10 Å². The van der Waals surface area contributed by atoms with Crippen LogP contribution >= 0.6 is 0 Å². The van der Waals surface area contributed by atoms with Crippen LogP contribution in [-0.4, -0.2) is 27.0 Å². The number of nitrogens with zero attached hydrogens (tertiary/aromatic N) is 1. The van der Waals surface area contributed by atoms with E-state index in [-0.39, 0.29) is 11.4 Å². The summed E-state index contributed by atoms with van der Waals surface area (Å²) in [5.41, 5.74) is 6.99. The highest BCUT2D eigenvalue weighted by molar-refractivity contribution is 7.92. The third kappa shape index (κ3) is 3.46. The van der Waals surface area contributed by atoms with Gasteiger partial charge in [0.1, 0.15) is 5.75 Å². The Labute approximate surface area is 165 Å². The number of hydrogen-bond acceptors (Lipinski definition) is 4. The molecule has 4 rings (SSSR count). The summed E-state index contributed by atoms with van der Waals surface area (Å²) in [6, 6.07) is 13.9. The van der Waals surface area contributed by atoms with Gasteiger partial charge in [-0.2, -0.15) is 0 Å². The van der Waals surface area contributed by atoms with Crippen molar-refractivity contribution in [3.8, 4) is 5.75 Å². The van der Waals surface area contributed by atoms with Crippen molar-refractivity contribution >= 4 is 21.6 Å². The highest BCUT2D eigenvalue weighted by Gasteiger charge is 2.36. The number of carbonyl (C=O) groups is 1. The van der Waals surface area contributed by atoms with E-state index in [1.54, 1.807) is 36.4 Å². The number of sulfonamides is 1. The predicted molar refractivity (Wildman–Crippen MR) is 107 cm³/mol. The van der Waals surface area contributed by atoms with Crippen molar-refractivity contribution in [3.05, 3.63) is 54.1 Å². The Balaban J connectivity index is 1.66. The molecule has 7 heteroatoms. The summed E-state index contributed by atoms with van der Waals surface area (Å²) < 4.78 is 33.4. The summed E-state index contributed by atoms with van der Waals surface area (Å²) in [5.74, 6) is 0.149. The Kier molecular flexibility index (Phi) is 5.02. The molecule has 1 aliphatic heterocycles. The van der Waals surface area contributed by atoms with Crippen molar-refractivity contribution in [2.75, 3.05) is 10.8 Å². The third-order valence-corrected chi connectivity index (χ3v) is 7.39. The molecule has 2 N–H and O–H groups in total. The van der Waals surface area contributed by atoms with Crippen LogP contribution in [0.2, 0.25) is 0 Å². The third-order valence-electron chi connectivity index (χ3n) is 5.60. The molecule has 1 saturated carbocycles. The first-order valence-corrected chi connectivity index (χ1v) is 11.1. The number of benzene rings is 2. The van der Waals surface area contributed by atoms with Gasteiger partial charge in [-0.1, -0.05) is 43.5 Å². The fourth-order valence-corrected chi connectivity index (χ4v) is 5.53. The summed E-state index contributed by atoms with van der Waals surface area (Å²) in [6.45, 7) is -0.140. The SMILES string of the molecule is NC(=O)C1CN(S(=O)(=O)c2ccc(C3CCCCC3)cc2)c2ccccc2O1. The van der Waals surface area contributed by atoms with E-state index in [0.717, 1.165) is 12.8 Å². The van der Waals surface area contributed by atoms with Gasteiger partial charge >= 0.3 is 0 Å². The average molecular weight is 401 g/mol. The second-order valence-corrected chi connectivity index (χ2v) is 9.28. The molecule has 2 aromatic carbocycles. The molecule has 0 spiro atoms. The van der Waals surface area contributed by atoms with Gasteiger partial charge in [0.15, 0.2) is 6.10 Å². The first-order valence-electron chi connectivity index (χ1n) is 9.64. The molecule has 0 aromatic heterocycles. The van der Waals surface area contributed by atoms with Crippen LogP contribution in [0.4, 0.5) is 5.69 Å². The van der Waals surface area contributed by atoms with E-state index < -0.39 is 22.0 Å². The molecule has 0 radical (unpaired) electrons. The van der Waals surface area contributed by atoms with Crippen molar-refractivity contribution in [2.24, 2.45) is 5.73 Å². The lowest BCUT2D eigenvalue weighted by atomic mass is 9.84. The molecular weight excluding hydrogens is 376 g/mol. The maximum Gasteiger partial charge on any atom is 0.264 e. The van der Waals surface area contributed by atoms with Crippen LogP contribution in [0.15, 0.2) is 53.4 Å². The van der Waals surface area contributed by atoms with Gasteiger partial charge < -0.3 is 10.5 Å². The predicted octanol–water partition coefficient (Wildman–Crippen LogP) is 3.18. The van der Waals surface area contributed by atoms with Crippen molar-refractivity contribution < 1.29 is 17.9 Å². The Hall–Kier alpha value is -2.54. The van der Waals surface area contributed by atoms with Crippen LogP contribution in [0.3, 0.4) is 0 Å². The van der Waals surface area contributed by atoms with Gasteiger partial charge in [-0.25, -0.2) is 8.42 Å². The molecule has 1 fully saturated rings. The maximum atomic E-state index is 13.3. The normalized spacial score (nSPS) is 20.3. The van der Waals surface area contributed by atoms with E-state index in [1.807, 2.05) is 12.1 Å². The first kappa shape index (κ1) is 18.8. The van der Waals surface area contributed by atoms with Crippen LogP contribution in [-0.2, 0) is 14.8 Å². The Morgan fingerprint density at radius 3 is 2.36 bits per heavy atom. The van der Waals surface area contributed by atoms with E-state index in [0.29, 0.717) is 17.4 Å². The summed E-state index contributed by atoms with van der Waals surface area (Å²) in [6.07, 6.45) is 5.02. The lowest BCUT2D eigenvalue weighted by Gasteiger charge is -2.34. The molecule has 1 amide bonds. The summed E-state index contributed by atoms with van der Waals surface area (Å²) in [4.78, 5) is 11.9. The fourth-order valence-electron chi connectivity index (χ4n) is 4.05. The fraction of sp³-hybridized carbons (Fsp3) is 0.381. The lowest BCUT2D eigenvalue weighted by molar-refractivity contribution is -0.124. The van der Waals surface area contributed by atoms with Crippen molar-refractivity contribution in [1.29, 1.82) is 0 Å². The number of nitrogens with two attached hydrogens (primary N) is 1. The average Bonchev–Trinajstić information content (AvgIpc) is 2.73. The van der Waals surface area contributed by atoms with Gasteiger partial charge in [-0.15, -0.1) is 0 Å². The van der Waals surface area contributed by atoms with E-state index in [9.17, 15) is 13.2 Å². The minimum absolute atomic E-state index is 0.140. The Morgan fingerprint density at radius 2 is 1.68 bits per heavy atom.